The molecule has 2 aromatic rings. The van der Waals surface area contributed by atoms with E-state index >= 15 is 0 Å². The van der Waals surface area contributed by atoms with Crippen LogP contribution < -0.4 is 5.73 Å². The van der Waals surface area contributed by atoms with Gasteiger partial charge in [0.25, 0.3) is 0 Å². The number of ether oxygens (including phenoxy) is 1. The molecule has 6 heteroatoms. The maximum Gasteiger partial charge on any atom is 0.167 e. The van der Waals surface area contributed by atoms with Gasteiger partial charge in [-0.1, -0.05) is 6.92 Å². The largest absolute Gasteiger partial charge is 0.382 e. The number of fused-ring (bicyclic) bond motifs is 1. The minimum atomic E-state index is 0.00806. The molecular weight excluding hydrogens is 266 g/mol. The van der Waals surface area contributed by atoms with Crippen LogP contribution in [0.4, 0.5) is 5.82 Å². The van der Waals surface area contributed by atoms with Gasteiger partial charge in [0.2, 0.25) is 0 Å². The van der Waals surface area contributed by atoms with E-state index in [0.29, 0.717) is 23.1 Å². The molecule has 2 aromatic heterocycles. The molecule has 0 bridgehead atoms. The van der Waals surface area contributed by atoms with E-state index < -0.39 is 0 Å². The highest BCUT2D eigenvalue weighted by molar-refractivity contribution is 5.81. The van der Waals surface area contributed by atoms with E-state index in [1.807, 2.05) is 11.5 Å². The van der Waals surface area contributed by atoms with Crippen molar-refractivity contribution in [1.29, 1.82) is 0 Å². The van der Waals surface area contributed by atoms with Crippen LogP contribution in [0.3, 0.4) is 0 Å². The number of hydrogen-bond donors (Lipinski definition) is 1. The summed E-state index contributed by atoms with van der Waals surface area (Å²) in [5, 5.41) is 0. The van der Waals surface area contributed by atoms with Gasteiger partial charge in [-0.25, -0.2) is 15.0 Å². The number of terminal acetylenes is 2. The summed E-state index contributed by atoms with van der Waals surface area (Å²) in [6, 6.07) is 0. The van der Waals surface area contributed by atoms with Crippen LogP contribution in [0.25, 0.3) is 11.2 Å². The first kappa shape index (κ1) is 16.5. The molecule has 3 heterocycles. The molecule has 0 saturated carbocycles. The molecule has 1 unspecified atom stereocenters. The quantitative estimate of drug-likeness (QED) is 0.808. The fraction of sp³-hybridized carbons (Fsp3) is 0.400. The first-order valence-electron chi connectivity index (χ1n) is 6.41. The van der Waals surface area contributed by atoms with E-state index in [2.05, 4.69) is 47.6 Å². The maximum atomic E-state index is 5.84. The van der Waals surface area contributed by atoms with Gasteiger partial charge in [-0.05, 0) is 13.3 Å². The monoisotopic (exact) mass is 285 g/mol. The minimum Gasteiger partial charge on any atom is -0.382 e. The summed E-state index contributed by atoms with van der Waals surface area (Å²) in [6.07, 6.45) is 18.8. The van der Waals surface area contributed by atoms with Crippen molar-refractivity contribution in [3.63, 3.8) is 0 Å². The third kappa shape index (κ3) is 3.13. The predicted octanol–water partition coefficient (Wildman–Crippen LogP) is 1.77. The molecule has 1 fully saturated rings. The number of rotatable bonds is 1. The lowest BCUT2D eigenvalue weighted by Crippen LogP contribution is -2.13. The van der Waals surface area contributed by atoms with E-state index in [4.69, 9.17) is 10.5 Å². The van der Waals surface area contributed by atoms with Crippen molar-refractivity contribution in [3.05, 3.63) is 12.2 Å². The van der Waals surface area contributed by atoms with Crippen LogP contribution in [-0.2, 0) is 4.74 Å². The fourth-order valence-corrected chi connectivity index (χ4v) is 2.27. The SMILES string of the molecule is C#C.C#C.Cc1nc(N)c2ncn(C3OCC[C@@H]3C)c2n1. The van der Waals surface area contributed by atoms with Gasteiger partial charge >= 0.3 is 0 Å². The average molecular weight is 285 g/mol. The van der Waals surface area contributed by atoms with Crippen LogP contribution in [-0.4, -0.2) is 26.1 Å². The highest BCUT2D eigenvalue weighted by atomic mass is 16.5. The molecule has 1 saturated heterocycles. The number of aromatic nitrogens is 4. The molecule has 110 valence electrons. The van der Waals surface area contributed by atoms with Gasteiger partial charge in [-0.3, -0.25) is 4.57 Å². The zero-order valence-corrected chi connectivity index (χ0v) is 12.2. The Kier molecular flexibility index (Phi) is 5.71. The Morgan fingerprint density at radius 1 is 1.29 bits per heavy atom. The summed E-state index contributed by atoms with van der Waals surface area (Å²) in [5.41, 5.74) is 7.25. The molecule has 0 spiro atoms. The van der Waals surface area contributed by atoms with Gasteiger partial charge in [0, 0.05) is 12.5 Å². The summed E-state index contributed by atoms with van der Waals surface area (Å²) in [5.74, 6) is 1.54. The number of anilines is 1. The number of imidazole rings is 1. The predicted molar refractivity (Wildman–Crippen MR) is 83.0 cm³/mol. The number of hydrogen-bond acceptors (Lipinski definition) is 5. The Bertz CT molecular complexity index is 637. The molecule has 21 heavy (non-hydrogen) atoms. The lowest BCUT2D eigenvalue weighted by Gasteiger charge is -2.16. The van der Waals surface area contributed by atoms with E-state index in [1.54, 1.807) is 6.33 Å². The van der Waals surface area contributed by atoms with Crippen LogP contribution in [0.2, 0.25) is 0 Å². The Morgan fingerprint density at radius 2 is 1.95 bits per heavy atom. The van der Waals surface area contributed by atoms with Crippen LogP contribution in [0.5, 0.6) is 0 Å². The van der Waals surface area contributed by atoms with Crippen LogP contribution >= 0.6 is 0 Å². The van der Waals surface area contributed by atoms with Crippen LogP contribution in [0.15, 0.2) is 6.33 Å². The smallest absolute Gasteiger partial charge is 0.167 e. The highest BCUT2D eigenvalue weighted by Crippen LogP contribution is 2.32. The summed E-state index contributed by atoms with van der Waals surface area (Å²) in [7, 11) is 0. The Morgan fingerprint density at radius 3 is 2.52 bits per heavy atom. The molecule has 2 N–H and O–H groups in total. The van der Waals surface area contributed by atoms with Crippen molar-refractivity contribution in [2.75, 3.05) is 12.3 Å². The molecular formula is C15H19N5O. The Hall–Kier alpha value is -2.57. The molecule has 0 radical (unpaired) electrons. The van der Waals surface area contributed by atoms with Gasteiger partial charge in [0.05, 0.1) is 6.33 Å². The van der Waals surface area contributed by atoms with E-state index in [0.717, 1.165) is 18.7 Å². The van der Waals surface area contributed by atoms with Crippen molar-refractivity contribution in [3.8, 4) is 25.7 Å². The van der Waals surface area contributed by atoms with Crippen molar-refractivity contribution in [2.45, 2.75) is 26.5 Å². The first-order valence-corrected chi connectivity index (χ1v) is 6.41. The third-order valence-corrected chi connectivity index (χ3v) is 3.18. The standard InChI is InChI=1S/C11H15N5O.2C2H2/c1-6-3-4-17-11(6)16-5-13-8-9(12)14-7(2)15-10(8)16;2*1-2/h5-6,11H,3-4H2,1-2H3,(H2,12,14,15);2*1-2H/t6-,11?;;/m0../s1. The maximum absolute atomic E-state index is 5.84. The molecule has 0 amide bonds. The zero-order chi connectivity index (χ0) is 16.0. The number of nitrogens with two attached hydrogens (primary N) is 1. The molecule has 1 aliphatic rings. The average Bonchev–Trinajstić information content (AvgIpc) is 3.09. The summed E-state index contributed by atoms with van der Waals surface area (Å²) >= 11 is 0. The molecule has 0 aliphatic carbocycles. The molecule has 0 aromatic carbocycles. The molecule has 2 atom stereocenters. The number of nitrogens with zero attached hydrogens (tertiary/aromatic N) is 4. The van der Waals surface area contributed by atoms with Gasteiger partial charge in [0.1, 0.15) is 17.6 Å². The minimum absolute atomic E-state index is 0.00806. The normalized spacial score (nSPS) is 20.1. The molecule has 3 rings (SSSR count). The topological polar surface area (TPSA) is 78.8 Å². The first-order chi connectivity index (χ1) is 10.2. The van der Waals surface area contributed by atoms with Crippen molar-refractivity contribution >= 4 is 17.0 Å². The lowest BCUT2D eigenvalue weighted by atomic mass is 10.1. The third-order valence-electron chi connectivity index (χ3n) is 3.18. The van der Waals surface area contributed by atoms with E-state index in [-0.39, 0.29) is 6.23 Å². The van der Waals surface area contributed by atoms with Gasteiger partial charge in [0.15, 0.2) is 11.5 Å². The van der Waals surface area contributed by atoms with Gasteiger partial charge in [-0.15, -0.1) is 25.7 Å². The zero-order valence-electron chi connectivity index (χ0n) is 12.2. The Labute approximate surface area is 124 Å². The van der Waals surface area contributed by atoms with Gasteiger partial charge in [-0.2, -0.15) is 0 Å². The van der Waals surface area contributed by atoms with Crippen LogP contribution in [0.1, 0.15) is 25.4 Å². The lowest BCUT2D eigenvalue weighted by molar-refractivity contribution is 0.0394. The van der Waals surface area contributed by atoms with E-state index in [9.17, 15) is 0 Å². The molecule has 1 aliphatic heterocycles. The summed E-state index contributed by atoms with van der Waals surface area (Å²) in [6.45, 7) is 4.78. The van der Waals surface area contributed by atoms with Crippen molar-refractivity contribution < 1.29 is 4.74 Å². The molecule has 6 nitrogen and oxygen atoms in total. The Balaban J connectivity index is 0.000000510. The van der Waals surface area contributed by atoms with Crippen LogP contribution in [0, 0.1) is 38.5 Å². The number of nitrogen functional groups attached to an aromatic ring is 1. The fourth-order valence-electron chi connectivity index (χ4n) is 2.27. The highest BCUT2D eigenvalue weighted by Gasteiger charge is 2.27. The summed E-state index contributed by atoms with van der Waals surface area (Å²) in [4.78, 5) is 12.8. The summed E-state index contributed by atoms with van der Waals surface area (Å²) < 4.78 is 7.68. The van der Waals surface area contributed by atoms with Crippen molar-refractivity contribution in [2.24, 2.45) is 5.92 Å². The van der Waals surface area contributed by atoms with Crippen molar-refractivity contribution in [1.82, 2.24) is 19.5 Å². The second kappa shape index (κ2) is 7.28. The second-order valence-corrected chi connectivity index (χ2v) is 4.51. The number of aryl methyl sites for hydroxylation is 1. The second-order valence-electron chi connectivity index (χ2n) is 4.51. The van der Waals surface area contributed by atoms with Gasteiger partial charge < -0.3 is 10.5 Å². The van der Waals surface area contributed by atoms with E-state index in [1.165, 1.54) is 0 Å².